The van der Waals surface area contributed by atoms with Gasteiger partial charge in [-0.3, -0.25) is 4.79 Å². The molecule has 1 aliphatic heterocycles. The highest BCUT2D eigenvalue weighted by Gasteiger charge is 2.34. The average molecular weight is 469 g/mol. The van der Waals surface area contributed by atoms with Crippen molar-refractivity contribution < 1.29 is 17.7 Å². The van der Waals surface area contributed by atoms with Gasteiger partial charge in [-0.2, -0.15) is 9.29 Å². The molecule has 8 nitrogen and oxygen atoms in total. The number of nitrogens with zero attached hydrogens (tertiary/aromatic N) is 3. The van der Waals surface area contributed by atoms with Gasteiger partial charge < -0.3 is 9.84 Å². The van der Waals surface area contributed by atoms with Gasteiger partial charge in [0.15, 0.2) is 0 Å². The molecule has 2 aromatic carbocycles. The van der Waals surface area contributed by atoms with Gasteiger partial charge in [-0.05, 0) is 62.4 Å². The maximum Gasteiger partial charge on any atom is 0.243 e. The smallest absolute Gasteiger partial charge is 0.243 e. The topological polar surface area (TPSA) is 105 Å². The predicted octanol–water partition coefficient (Wildman–Crippen LogP) is 4.01. The summed E-state index contributed by atoms with van der Waals surface area (Å²) in [6.45, 7) is 7.86. The summed E-state index contributed by atoms with van der Waals surface area (Å²) in [4.78, 5) is 17.4. The summed E-state index contributed by atoms with van der Waals surface area (Å²) in [6.07, 6.45) is 1.26. The third-order valence-corrected chi connectivity index (χ3v) is 8.00. The lowest BCUT2D eigenvalue weighted by Crippen LogP contribution is -2.43. The Balaban J connectivity index is 1.56. The molecule has 9 heteroatoms. The molecular weight excluding hydrogens is 440 g/mol. The number of carbonyl (C=O) groups excluding carboxylic acids is 1. The maximum atomic E-state index is 13.6. The number of hydrogen-bond acceptors (Lipinski definition) is 6. The molecule has 33 heavy (non-hydrogen) atoms. The Labute approximate surface area is 194 Å². The molecule has 3 aromatic rings. The fourth-order valence-electron chi connectivity index (χ4n) is 4.05. The van der Waals surface area contributed by atoms with Crippen LogP contribution in [-0.4, -0.2) is 41.9 Å². The van der Waals surface area contributed by atoms with Gasteiger partial charge >= 0.3 is 0 Å². The SMILES string of the molecule is Cc1ccc(C)c(NC(=O)[C@@H]2CCCN(S(=O)(=O)c3cc(-c4noc(C)n4)ccc3C)C2)c1. The number of benzene rings is 2. The van der Waals surface area contributed by atoms with Crippen molar-refractivity contribution in [2.75, 3.05) is 18.4 Å². The van der Waals surface area contributed by atoms with Crippen LogP contribution >= 0.6 is 0 Å². The molecule has 174 valence electrons. The first-order valence-electron chi connectivity index (χ1n) is 10.9. The molecule has 0 spiro atoms. The van der Waals surface area contributed by atoms with Gasteiger partial charge in [-0.25, -0.2) is 8.42 Å². The summed E-state index contributed by atoms with van der Waals surface area (Å²) < 4.78 is 33.5. The van der Waals surface area contributed by atoms with E-state index in [-0.39, 0.29) is 17.3 Å². The fourth-order valence-corrected chi connectivity index (χ4v) is 5.83. The van der Waals surface area contributed by atoms with E-state index in [1.807, 2.05) is 32.0 Å². The molecule has 0 aliphatic carbocycles. The number of hydrogen-bond donors (Lipinski definition) is 1. The van der Waals surface area contributed by atoms with E-state index >= 15 is 0 Å². The van der Waals surface area contributed by atoms with Crippen molar-refractivity contribution in [3.8, 4) is 11.4 Å². The van der Waals surface area contributed by atoms with Crippen molar-refractivity contribution in [3.63, 3.8) is 0 Å². The van der Waals surface area contributed by atoms with Gasteiger partial charge in [-0.1, -0.05) is 29.4 Å². The zero-order chi connectivity index (χ0) is 23.8. The van der Waals surface area contributed by atoms with Crippen molar-refractivity contribution in [2.45, 2.75) is 45.4 Å². The van der Waals surface area contributed by atoms with Crippen LogP contribution in [0.4, 0.5) is 5.69 Å². The van der Waals surface area contributed by atoms with Crippen LogP contribution in [0.1, 0.15) is 35.4 Å². The minimum Gasteiger partial charge on any atom is -0.339 e. The van der Waals surface area contributed by atoms with E-state index in [4.69, 9.17) is 4.52 Å². The molecule has 1 atom stereocenters. The van der Waals surface area contributed by atoms with Crippen LogP contribution < -0.4 is 5.32 Å². The largest absolute Gasteiger partial charge is 0.339 e. The summed E-state index contributed by atoms with van der Waals surface area (Å²) in [5.41, 5.74) is 3.98. The molecule has 1 aliphatic rings. The molecule has 2 heterocycles. The third kappa shape index (κ3) is 4.84. The van der Waals surface area contributed by atoms with Crippen molar-refractivity contribution >= 4 is 21.6 Å². The highest BCUT2D eigenvalue weighted by atomic mass is 32.2. The normalized spacial score (nSPS) is 17.2. The van der Waals surface area contributed by atoms with Crippen molar-refractivity contribution in [2.24, 2.45) is 5.92 Å². The average Bonchev–Trinajstić information content (AvgIpc) is 3.22. The Hall–Kier alpha value is -3.04. The Morgan fingerprint density at radius 3 is 2.58 bits per heavy atom. The Morgan fingerprint density at radius 2 is 1.85 bits per heavy atom. The third-order valence-electron chi connectivity index (χ3n) is 6.00. The molecule has 0 saturated carbocycles. The number of anilines is 1. The number of aryl methyl sites for hydroxylation is 4. The molecule has 1 fully saturated rings. The number of aromatic nitrogens is 2. The van der Waals surface area contributed by atoms with Gasteiger partial charge in [-0.15, -0.1) is 0 Å². The van der Waals surface area contributed by atoms with E-state index in [9.17, 15) is 13.2 Å². The first kappa shape index (κ1) is 23.1. The van der Waals surface area contributed by atoms with Crippen LogP contribution in [0.2, 0.25) is 0 Å². The Kier molecular flexibility index (Phi) is 6.36. The van der Waals surface area contributed by atoms with Crippen molar-refractivity contribution in [1.82, 2.24) is 14.4 Å². The number of amides is 1. The van der Waals surface area contributed by atoms with Crippen LogP contribution in [0.15, 0.2) is 45.8 Å². The molecular formula is C24H28N4O4S. The quantitative estimate of drug-likeness (QED) is 0.607. The van der Waals surface area contributed by atoms with Gasteiger partial charge in [0.25, 0.3) is 0 Å². The number of nitrogens with one attached hydrogen (secondary N) is 1. The van der Waals surface area contributed by atoms with Crippen LogP contribution in [0.3, 0.4) is 0 Å². The van der Waals surface area contributed by atoms with Crippen LogP contribution in [0.5, 0.6) is 0 Å². The number of sulfonamides is 1. The van der Waals surface area contributed by atoms with E-state index in [1.165, 1.54) is 4.31 Å². The zero-order valence-electron chi connectivity index (χ0n) is 19.3. The lowest BCUT2D eigenvalue weighted by atomic mass is 9.98. The fraction of sp³-hybridized carbons (Fsp3) is 0.375. The highest BCUT2D eigenvalue weighted by Crippen LogP contribution is 2.29. The highest BCUT2D eigenvalue weighted by molar-refractivity contribution is 7.89. The summed E-state index contributed by atoms with van der Waals surface area (Å²) >= 11 is 0. The molecule has 0 radical (unpaired) electrons. The van der Waals surface area contributed by atoms with Crippen molar-refractivity contribution in [1.29, 1.82) is 0 Å². The van der Waals surface area contributed by atoms with Crippen LogP contribution in [0.25, 0.3) is 11.4 Å². The molecule has 0 bridgehead atoms. The lowest BCUT2D eigenvalue weighted by Gasteiger charge is -2.31. The number of piperidine rings is 1. The minimum atomic E-state index is -3.80. The standard InChI is InChI=1S/C24H28N4O4S/c1-15-7-8-16(2)21(12-15)26-24(29)20-6-5-11-28(14-20)33(30,31)22-13-19(10-9-17(22)3)23-25-18(4)32-27-23/h7-10,12-13,20H,5-6,11,14H2,1-4H3,(H,26,29)/t20-/m1/s1. The summed E-state index contributed by atoms with van der Waals surface area (Å²) in [5, 5.41) is 6.88. The molecule has 1 amide bonds. The Morgan fingerprint density at radius 1 is 1.09 bits per heavy atom. The number of rotatable bonds is 5. The monoisotopic (exact) mass is 468 g/mol. The summed E-state index contributed by atoms with van der Waals surface area (Å²) in [6, 6.07) is 11.0. The van der Waals surface area contributed by atoms with E-state index < -0.39 is 15.9 Å². The van der Waals surface area contributed by atoms with Gasteiger partial charge in [0.2, 0.25) is 27.6 Å². The zero-order valence-corrected chi connectivity index (χ0v) is 20.1. The second-order valence-electron chi connectivity index (χ2n) is 8.63. The van der Waals surface area contributed by atoms with E-state index in [2.05, 4.69) is 15.5 Å². The predicted molar refractivity (Wildman–Crippen MR) is 125 cm³/mol. The van der Waals surface area contributed by atoms with Crippen molar-refractivity contribution in [3.05, 3.63) is 59.0 Å². The van der Waals surface area contributed by atoms with E-state index in [1.54, 1.807) is 32.0 Å². The molecule has 4 rings (SSSR count). The second kappa shape index (κ2) is 9.07. The summed E-state index contributed by atoms with van der Waals surface area (Å²) in [5.74, 6) is 0.171. The lowest BCUT2D eigenvalue weighted by molar-refractivity contribution is -0.120. The first-order valence-corrected chi connectivity index (χ1v) is 12.4. The Bertz CT molecular complexity index is 1300. The maximum absolute atomic E-state index is 13.6. The second-order valence-corrected chi connectivity index (χ2v) is 10.5. The number of carbonyl (C=O) groups is 1. The van der Waals surface area contributed by atoms with Gasteiger partial charge in [0, 0.05) is 31.3 Å². The van der Waals surface area contributed by atoms with E-state index in [0.717, 1.165) is 16.8 Å². The molecule has 1 saturated heterocycles. The van der Waals surface area contributed by atoms with Gasteiger partial charge in [0.05, 0.1) is 10.8 Å². The van der Waals surface area contributed by atoms with Crippen LogP contribution in [-0.2, 0) is 14.8 Å². The summed E-state index contributed by atoms with van der Waals surface area (Å²) in [7, 11) is -3.80. The molecule has 0 unspecified atom stereocenters. The van der Waals surface area contributed by atoms with E-state index in [0.29, 0.717) is 42.2 Å². The molecule has 1 aromatic heterocycles. The minimum absolute atomic E-state index is 0.143. The first-order chi connectivity index (χ1) is 15.6. The van der Waals surface area contributed by atoms with Crippen LogP contribution in [0, 0.1) is 33.6 Å². The molecule has 1 N–H and O–H groups in total. The van der Waals surface area contributed by atoms with Gasteiger partial charge in [0.1, 0.15) is 0 Å².